The lowest BCUT2D eigenvalue weighted by atomic mass is 9.74. The summed E-state index contributed by atoms with van der Waals surface area (Å²) in [7, 11) is 0. The van der Waals surface area contributed by atoms with Crippen LogP contribution in [0.2, 0.25) is 0 Å². The Morgan fingerprint density at radius 3 is 2.53 bits per heavy atom. The third-order valence-electron chi connectivity index (χ3n) is 4.57. The standard InChI is InChI=1S/C13H21N3O/c14-9-13(7-2-1-3-8-13)12-15-11(16-17-12)10-5-4-6-10/h10H,1-9,14H2. The molecule has 0 radical (unpaired) electrons. The van der Waals surface area contributed by atoms with Gasteiger partial charge in [-0.2, -0.15) is 4.98 Å². The average Bonchev–Trinajstić information content (AvgIpc) is 2.77. The van der Waals surface area contributed by atoms with E-state index in [0.29, 0.717) is 12.5 Å². The highest BCUT2D eigenvalue weighted by atomic mass is 16.5. The van der Waals surface area contributed by atoms with Crippen LogP contribution < -0.4 is 5.73 Å². The van der Waals surface area contributed by atoms with Crippen LogP contribution in [0, 0.1) is 0 Å². The van der Waals surface area contributed by atoms with Gasteiger partial charge in [-0.3, -0.25) is 0 Å². The van der Waals surface area contributed by atoms with Crippen molar-refractivity contribution < 1.29 is 4.52 Å². The molecule has 0 amide bonds. The van der Waals surface area contributed by atoms with Crippen LogP contribution in [0.3, 0.4) is 0 Å². The van der Waals surface area contributed by atoms with Crippen molar-refractivity contribution in [3.8, 4) is 0 Å². The maximum atomic E-state index is 5.97. The first-order chi connectivity index (χ1) is 8.34. The Balaban J connectivity index is 1.82. The molecule has 0 saturated heterocycles. The Labute approximate surface area is 102 Å². The number of rotatable bonds is 3. The minimum absolute atomic E-state index is 0.0206. The van der Waals surface area contributed by atoms with Crippen molar-refractivity contribution in [1.29, 1.82) is 0 Å². The maximum absolute atomic E-state index is 5.97. The van der Waals surface area contributed by atoms with E-state index >= 15 is 0 Å². The molecule has 1 heterocycles. The van der Waals surface area contributed by atoms with Crippen LogP contribution in [0.5, 0.6) is 0 Å². The van der Waals surface area contributed by atoms with Gasteiger partial charge in [0.25, 0.3) is 0 Å². The van der Waals surface area contributed by atoms with Crippen LogP contribution in [0.4, 0.5) is 0 Å². The van der Waals surface area contributed by atoms with Crippen molar-refractivity contribution in [1.82, 2.24) is 10.1 Å². The molecule has 4 nitrogen and oxygen atoms in total. The first-order valence-corrected chi connectivity index (χ1v) is 6.88. The molecular weight excluding hydrogens is 214 g/mol. The molecular formula is C13H21N3O. The number of nitrogens with zero attached hydrogens (tertiary/aromatic N) is 2. The van der Waals surface area contributed by atoms with Gasteiger partial charge in [0.1, 0.15) is 0 Å². The summed E-state index contributed by atoms with van der Waals surface area (Å²) in [5.74, 6) is 2.28. The van der Waals surface area contributed by atoms with Crippen molar-refractivity contribution in [2.24, 2.45) is 5.73 Å². The van der Waals surface area contributed by atoms with Gasteiger partial charge >= 0.3 is 0 Å². The van der Waals surface area contributed by atoms with E-state index in [1.165, 1.54) is 38.5 Å². The van der Waals surface area contributed by atoms with Crippen molar-refractivity contribution in [2.45, 2.75) is 62.7 Å². The van der Waals surface area contributed by atoms with E-state index in [4.69, 9.17) is 10.3 Å². The Bertz CT molecular complexity index is 378. The smallest absolute Gasteiger partial charge is 0.234 e. The Morgan fingerprint density at radius 1 is 1.18 bits per heavy atom. The van der Waals surface area contributed by atoms with E-state index in [0.717, 1.165) is 24.6 Å². The summed E-state index contributed by atoms with van der Waals surface area (Å²) in [6, 6.07) is 0. The molecule has 0 spiro atoms. The zero-order chi connectivity index (χ0) is 11.7. The summed E-state index contributed by atoms with van der Waals surface area (Å²) < 4.78 is 5.51. The molecule has 17 heavy (non-hydrogen) atoms. The van der Waals surface area contributed by atoms with Crippen molar-refractivity contribution in [2.75, 3.05) is 6.54 Å². The summed E-state index contributed by atoms with van der Waals surface area (Å²) in [6.07, 6.45) is 9.73. The van der Waals surface area contributed by atoms with E-state index in [1.807, 2.05) is 0 Å². The van der Waals surface area contributed by atoms with Crippen molar-refractivity contribution in [3.63, 3.8) is 0 Å². The Kier molecular flexibility index (Phi) is 2.90. The van der Waals surface area contributed by atoms with Gasteiger partial charge in [0.15, 0.2) is 5.82 Å². The van der Waals surface area contributed by atoms with Gasteiger partial charge in [-0.15, -0.1) is 0 Å². The summed E-state index contributed by atoms with van der Waals surface area (Å²) >= 11 is 0. The number of nitrogens with two attached hydrogens (primary N) is 1. The zero-order valence-corrected chi connectivity index (χ0v) is 10.3. The lowest BCUT2D eigenvalue weighted by Crippen LogP contribution is -2.37. The number of hydrogen-bond donors (Lipinski definition) is 1. The van der Waals surface area contributed by atoms with Crippen molar-refractivity contribution in [3.05, 3.63) is 11.7 Å². The van der Waals surface area contributed by atoms with Gasteiger partial charge in [0, 0.05) is 12.5 Å². The summed E-state index contributed by atoms with van der Waals surface area (Å²) in [6.45, 7) is 0.638. The largest absolute Gasteiger partial charge is 0.339 e. The quantitative estimate of drug-likeness (QED) is 0.874. The lowest BCUT2D eigenvalue weighted by molar-refractivity contribution is 0.219. The molecule has 1 aromatic rings. The maximum Gasteiger partial charge on any atom is 0.234 e. The average molecular weight is 235 g/mol. The normalized spacial score (nSPS) is 24.5. The second kappa shape index (κ2) is 4.41. The van der Waals surface area contributed by atoms with E-state index in [1.54, 1.807) is 0 Å². The Hall–Kier alpha value is -0.900. The minimum Gasteiger partial charge on any atom is -0.339 e. The first kappa shape index (κ1) is 11.2. The molecule has 94 valence electrons. The predicted molar refractivity (Wildman–Crippen MR) is 64.7 cm³/mol. The predicted octanol–water partition coefficient (Wildman–Crippen LogP) is 2.50. The molecule has 4 heteroatoms. The minimum atomic E-state index is -0.0206. The topological polar surface area (TPSA) is 64.9 Å². The SMILES string of the molecule is NCC1(c2nc(C3CCC3)no2)CCCCC1. The van der Waals surface area contributed by atoms with Gasteiger partial charge < -0.3 is 10.3 Å². The van der Waals surface area contributed by atoms with E-state index in [9.17, 15) is 0 Å². The second-order valence-electron chi connectivity index (χ2n) is 5.63. The number of hydrogen-bond acceptors (Lipinski definition) is 4. The van der Waals surface area contributed by atoms with Gasteiger partial charge in [0.05, 0.1) is 5.41 Å². The third kappa shape index (κ3) is 1.88. The first-order valence-electron chi connectivity index (χ1n) is 6.88. The van der Waals surface area contributed by atoms with Gasteiger partial charge in [0.2, 0.25) is 5.89 Å². The molecule has 0 aromatic carbocycles. The number of aromatic nitrogens is 2. The summed E-state index contributed by atoms with van der Waals surface area (Å²) in [4.78, 5) is 4.64. The molecule has 3 rings (SSSR count). The van der Waals surface area contributed by atoms with E-state index < -0.39 is 0 Å². The highest BCUT2D eigenvalue weighted by Crippen LogP contribution is 2.40. The molecule has 1 aromatic heterocycles. The molecule has 2 aliphatic carbocycles. The third-order valence-corrected chi connectivity index (χ3v) is 4.57. The summed E-state index contributed by atoms with van der Waals surface area (Å²) in [5, 5.41) is 4.16. The van der Waals surface area contributed by atoms with Crippen LogP contribution in [-0.2, 0) is 5.41 Å². The molecule has 2 N–H and O–H groups in total. The van der Waals surface area contributed by atoms with Crippen LogP contribution in [0.25, 0.3) is 0 Å². The van der Waals surface area contributed by atoms with Gasteiger partial charge in [-0.1, -0.05) is 30.8 Å². The molecule has 2 fully saturated rings. The molecule has 2 saturated carbocycles. The lowest BCUT2D eigenvalue weighted by Gasteiger charge is -2.32. The van der Waals surface area contributed by atoms with Crippen molar-refractivity contribution >= 4 is 0 Å². The fraction of sp³-hybridized carbons (Fsp3) is 0.846. The van der Waals surface area contributed by atoms with E-state index in [-0.39, 0.29) is 5.41 Å². The van der Waals surface area contributed by atoms with Gasteiger partial charge in [-0.25, -0.2) is 0 Å². The second-order valence-corrected chi connectivity index (χ2v) is 5.63. The fourth-order valence-corrected chi connectivity index (χ4v) is 3.02. The molecule has 2 aliphatic rings. The van der Waals surface area contributed by atoms with Crippen LogP contribution in [0.15, 0.2) is 4.52 Å². The van der Waals surface area contributed by atoms with Crippen LogP contribution in [0.1, 0.15) is 69.0 Å². The van der Waals surface area contributed by atoms with Crippen LogP contribution >= 0.6 is 0 Å². The monoisotopic (exact) mass is 235 g/mol. The van der Waals surface area contributed by atoms with E-state index in [2.05, 4.69) is 10.1 Å². The molecule has 0 bridgehead atoms. The molecule has 0 atom stereocenters. The summed E-state index contributed by atoms with van der Waals surface area (Å²) in [5.41, 5.74) is 5.95. The van der Waals surface area contributed by atoms with Gasteiger partial charge in [-0.05, 0) is 25.7 Å². The molecule has 0 aliphatic heterocycles. The molecule has 0 unspecified atom stereocenters. The highest BCUT2D eigenvalue weighted by molar-refractivity contribution is 5.10. The fourth-order valence-electron chi connectivity index (χ4n) is 3.02. The Morgan fingerprint density at radius 2 is 1.94 bits per heavy atom. The highest BCUT2D eigenvalue weighted by Gasteiger charge is 2.38. The van der Waals surface area contributed by atoms with Crippen LogP contribution in [-0.4, -0.2) is 16.7 Å². The zero-order valence-electron chi connectivity index (χ0n) is 10.3.